The van der Waals surface area contributed by atoms with Crippen LogP contribution in [0.25, 0.3) is 0 Å². The van der Waals surface area contributed by atoms with Gasteiger partial charge in [0.1, 0.15) is 10.6 Å². The fourth-order valence-electron chi connectivity index (χ4n) is 3.63. The van der Waals surface area contributed by atoms with E-state index < -0.39 is 5.60 Å². The molecule has 0 atom stereocenters. The molecule has 0 bridgehead atoms. The van der Waals surface area contributed by atoms with Gasteiger partial charge >= 0.3 is 0 Å². The highest BCUT2D eigenvalue weighted by Crippen LogP contribution is 2.37. The van der Waals surface area contributed by atoms with Crippen LogP contribution in [0, 0.1) is 5.92 Å². The number of aliphatic hydroxyl groups is 1. The number of aromatic nitrogens is 2. The van der Waals surface area contributed by atoms with Crippen LogP contribution in [-0.2, 0) is 23.5 Å². The summed E-state index contributed by atoms with van der Waals surface area (Å²) in [5.41, 5.74) is 1.02. The molecule has 0 radical (unpaired) electrons. The zero-order valence-electron chi connectivity index (χ0n) is 15.7. The van der Waals surface area contributed by atoms with Crippen molar-refractivity contribution in [2.45, 2.75) is 44.4 Å². The maximum absolute atomic E-state index is 12.2. The molecule has 1 aliphatic carbocycles. The Kier molecular flexibility index (Phi) is 5.25. The Morgan fingerprint density at radius 2 is 2.15 bits per heavy atom. The van der Waals surface area contributed by atoms with Gasteiger partial charge in [-0.3, -0.25) is 14.7 Å². The predicted molar refractivity (Wildman–Crippen MR) is 104 cm³/mol. The first-order valence-electron chi connectivity index (χ1n) is 9.57. The molecule has 1 saturated heterocycles. The standard InChI is InChI=1S/C20H26N4O2S/c1-23(12-15-3-2-8-21-11-15)13-18-22-17(14-27-18)20(26)6-9-24(10-7-20)19(25)16-4-5-16/h2-3,8,11,14,16,26H,4-7,9-10,12-13H2,1H3. The summed E-state index contributed by atoms with van der Waals surface area (Å²) in [5.74, 6) is 0.519. The highest BCUT2D eigenvalue weighted by molar-refractivity contribution is 7.09. The van der Waals surface area contributed by atoms with E-state index in [4.69, 9.17) is 4.98 Å². The Labute approximate surface area is 163 Å². The van der Waals surface area contributed by atoms with Crippen LogP contribution in [-0.4, -0.2) is 50.9 Å². The first-order chi connectivity index (χ1) is 13.0. The van der Waals surface area contributed by atoms with Crippen molar-refractivity contribution in [3.05, 3.63) is 46.2 Å². The van der Waals surface area contributed by atoms with Gasteiger partial charge in [-0.05, 0) is 44.4 Å². The Morgan fingerprint density at radius 1 is 1.37 bits per heavy atom. The molecule has 1 N–H and O–H groups in total. The van der Waals surface area contributed by atoms with E-state index in [1.807, 2.05) is 22.5 Å². The van der Waals surface area contributed by atoms with Crippen molar-refractivity contribution >= 4 is 17.2 Å². The Balaban J connectivity index is 1.34. The number of pyridine rings is 1. The number of carbonyl (C=O) groups excluding carboxylic acids is 1. The number of nitrogens with zero attached hydrogens (tertiary/aromatic N) is 4. The van der Waals surface area contributed by atoms with Crippen molar-refractivity contribution < 1.29 is 9.90 Å². The second-order valence-corrected chi connectivity index (χ2v) is 8.73. The fraction of sp³-hybridized carbons (Fsp3) is 0.550. The molecule has 6 nitrogen and oxygen atoms in total. The van der Waals surface area contributed by atoms with Crippen molar-refractivity contribution in [1.29, 1.82) is 0 Å². The predicted octanol–water partition coefficient (Wildman–Crippen LogP) is 2.39. The highest BCUT2D eigenvalue weighted by atomic mass is 32.1. The molecule has 1 amide bonds. The van der Waals surface area contributed by atoms with Crippen LogP contribution in [0.2, 0.25) is 0 Å². The molecule has 7 heteroatoms. The van der Waals surface area contributed by atoms with E-state index in [-0.39, 0.29) is 11.8 Å². The smallest absolute Gasteiger partial charge is 0.225 e. The first kappa shape index (κ1) is 18.5. The summed E-state index contributed by atoms with van der Waals surface area (Å²) in [4.78, 5) is 25.2. The molecule has 1 aliphatic heterocycles. The van der Waals surface area contributed by atoms with Gasteiger partial charge in [-0.1, -0.05) is 6.07 Å². The van der Waals surface area contributed by atoms with Gasteiger partial charge in [-0.25, -0.2) is 4.98 Å². The summed E-state index contributed by atoms with van der Waals surface area (Å²) in [6.45, 7) is 2.80. The van der Waals surface area contributed by atoms with E-state index in [0.29, 0.717) is 25.9 Å². The lowest BCUT2D eigenvalue weighted by atomic mass is 9.88. The summed E-state index contributed by atoms with van der Waals surface area (Å²) >= 11 is 1.59. The van der Waals surface area contributed by atoms with Gasteiger partial charge < -0.3 is 10.0 Å². The van der Waals surface area contributed by atoms with Crippen LogP contribution in [0.1, 0.15) is 41.9 Å². The molecule has 2 aliphatic rings. The van der Waals surface area contributed by atoms with Gasteiger partial charge in [0.05, 0.1) is 12.2 Å². The SMILES string of the molecule is CN(Cc1cccnc1)Cc1nc(C2(O)CCN(C(=O)C3CC3)CC2)cs1. The van der Waals surface area contributed by atoms with E-state index in [1.165, 1.54) is 5.56 Å². The van der Waals surface area contributed by atoms with Gasteiger partial charge in [0.15, 0.2) is 0 Å². The minimum atomic E-state index is -0.906. The second kappa shape index (κ2) is 7.66. The Bertz CT molecular complexity index is 782. The molecule has 0 aromatic carbocycles. The number of piperidine rings is 1. The molecule has 27 heavy (non-hydrogen) atoms. The lowest BCUT2D eigenvalue weighted by Crippen LogP contribution is -2.45. The number of amides is 1. The van der Waals surface area contributed by atoms with Crippen molar-refractivity contribution in [2.24, 2.45) is 5.92 Å². The molecular weight excluding hydrogens is 360 g/mol. The minimum absolute atomic E-state index is 0.248. The normalized spacial score (nSPS) is 19.4. The van der Waals surface area contributed by atoms with E-state index in [0.717, 1.165) is 36.6 Å². The van der Waals surface area contributed by atoms with Crippen LogP contribution in [0.4, 0.5) is 0 Å². The Morgan fingerprint density at radius 3 is 2.81 bits per heavy atom. The zero-order valence-corrected chi connectivity index (χ0v) is 16.5. The van der Waals surface area contributed by atoms with Crippen LogP contribution >= 0.6 is 11.3 Å². The van der Waals surface area contributed by atoms with Crippen LogP contribution in [0.15, 0.2) is 29.9 Å². The fourth-order valence-corrected chi connectivity index (χ4v) is 4.59. The maximum Gasteiger partial charge on any atom is 0.225 e. The monoisotopic (exact) mass is 386 g/mol. The van der Waals surface area contributed by atoms with E-state index in [2.05, 4.69) is 23.0 Å². The molecule has 2 fully saturated rings. The average molecular weight is 387 g/mol. The summed E-state index contributed by atoms with van der Waals surface area (Å²) in [6.07, 6.45) is 6.85. The highest BCUT2D eigenvalue weighted by Gasteiger charge is 2.40. The third kappa shape index (κ3) is 4.36. The number of likely N-dealkylation sites (tertiary alicyclic amines) is 1. The second-order valence-electron chi connectivity index (χ2n) is 7.79. The van der Waals surface area contributed by atoms with E-state index >= 15 is 0 Å². The van der Waals surface area contributed by atoms with Crippen LogP contribution in [0.3, 0.4) is 0 Å². The first-order valence-corrected chi connectivity index (χ1v) is 10.4. The van der Waals surface area contributed by atoms with E-state index in [1.54, 1.807) is 17.5 Å². The molecule has 144 valence electrons. The molecule has 2 aromatic rings. The number of rotatable bonds is 6. The molecule has 1 saturated carbocycles. The average Bonchev–Trinajstić information content (AvgIpc) is 3.41. The van der Waals surface area contributed by atoms with Crippen LogP contribution < -0.4 is 0 Å². The van der Waals surface area contributed by atoms with Gasteiger partial charge in [-0.15, -0.1) is 11.3 Å². The van der Waals surface area contributed by atoms with Gasteiger partial charge in [-0.2, -0.15) is 0 Å². The molecule has 0 unspecified atom stereocenters. The van der Waals surface area contributed by atoms with Gasteiger partial charge in [0.2, 0.25) is 5.91 Å². The molecule has 0 spiro atoms. The molecule has 4 rings (SSSR count). The van der Waals surface area contributed by atoms with Crippen LogP contribution in [0.5, 0.6) is 0 Å². The maximum atomic E-state index is 12.2. The molecule has 2 aromatic heterocycles. The van der Waals surface area contributed by atoms with Crippen molar-refractivity contribution in [3.8, 4) is 0 Å². The quantitative estimate of drug-likeness (QED) is 0.826. The molecule has 3 heterocycles. The van der Waals surface area contributed by atoms with Crippen molar-refractivity contribution in [2.75, 3.05) is 20.1 Å². The topological polar surface area (TPSA) is 69.6 Å². The number of hydrogen-bond acceptors (Lipinski definition) is 6. The lowest BCUT2D eigenvalue weighted by molar-refractivity contribution is -0.137. The summed E-state index contributed by atoms with van der Waals surface area (Å²) in [7, 11) is 2.06. The largest absolute Gasteiger partial charge is 0.383 e. The van der Waals surface area contributed by atoms with Crippen molar-refractivity contribution in [3.63, 3.8) is 0 Å². The van der Waals surface area contributed by atoms with Gasteiger partial charge in [0, 0.05) is 43.3 Å². The Hall–Kier alpha value is -1.83. The number of carbonyl (C=O) groups is 1. The number of hydrogen-bond donors (Lipinski definition) is 1. The summed E-state index contributed by atoms with van der Waals surface area (Å²) < 4.78 is 0. The zero-order chi connectivity index (χ0) is 18.9. The van der Waals surface area contributed by atoms with Gasteiger partial charge in [0.25, 0.3) is 0 Å². The van der Waals surface area contributed by atoms with Crippen molar-refractivity contribution in [1.82, 2.24) is 19.8 Å². The molecular formula is C20H26N4O2S. The third-order valence-electron chi connectivity index (χ3n) is 5.44. The summed E-state index contributed by atoms with van der Waals surface area (Å²) in [6, 6.07) is 4.01. The third-order valence-corrected chi connectivity index (χ3v) is 6.27. The van der Waals surface area contributed by atoms with E-state index in [9.17, 15) is 9.90 Å². The lowest BCUT2D eigenvalue weighted by Gasteiger charge is -2.37. The number of thiazole rings is 1. The minimum Gasteiger partial charge on any atom is -0.383 e. The summed E-state index contributed by atoms with van der Waals surface area (Å²) in [5, 5.41) is 14.0.